The third-order valence-electron chi connectivity index (χ3n) is 3.81. The highest BCUT2D eigenvalue weighted by atomic mass is 16.2. The second kappa shape index (κ2) is 7.20. The first-order valence-corrected chi connectivity index (χ1v) is 7.66. The summed E-state index contributed by atoms with van der Waals surface area (Å²) in [7, 11) is 0. The van der Waals surface area contributed by atoms with Crippen LogP contribution in [0, 0.1) is 5.92 Å². The van der Waals surface area contributed by atoms with Crippen LogP contribution in [0.2, 0.25) is 0 Å². The van der Waals surface area contributed by atoms with Gasteiger partial charge in [-0.05, 0) is 37.3 Å². The minimum atomic E-state index is -0.223. The molecule has 2 heterocycles. The Morgan fingerprint density at radius 2 is 1.95 bits per heavy atom. The molecule has 0 saturated carbocycles. The van der Waals surface area contributed by atoms with Gasteiger partial charge in [0.05, 0.1) is 0 Å². The summed E-state index contributed by atoms with van der Waals surface area (Å²) in [5.41, 5.74) is 0.661. The molecule has 1 N–H and O–H groups in total. The lowest BCUT2D eigenvalue weighted by atomic mass is 9.99. The molecule has 5 nitrogen and oxygen atoms in total. The van der Waals surface area contributed by atoms with E-state index in [9.17, 15) is 9.59 Å². The van der Waals surface area contributed by atoms with Crippen molar-refractivity contribution >= 4 is 11.8 Å². The number of rotatable bonds is 4. The summed E-state index contributed by atoms with van der Waals surface area (Å²) in [4.78, 5) is 30.4. The van der Waals surface area contributed by atoms with E-state index in [-0.39, 0.29) is 11.8 Å². The molecule has 114 valence electrons. The highest BCUT2D eigenvalue weighted by Gasteiger charge is 2.22. The Kier molecular flexibility index (Phi) is 5.31. The molecule has 1 aliphatic heterocycles. The Bertz CT molecular complexity index is 508. The van der Waals surface area contributed by atoms with Crippen LogP contribution in [0.3, 0.4) is 0 Å². The quantitative estimate of drug-likeness (QED) is 0.923. The zero-order valence-electron chi connectivity index (χ0n) is 12.8. The van der Waals surface area contributed by atoms with Crippen molar-refractivity contribution in [2.75, 3.05) is 19.6 Å². The fourth-order valence-corrected chi connectivity index (χ4v) is 2.38. The van der Waals surface area contributed by atoms with Gasteiger partial charge in [0.15, 0.2) is 0 Å². The van der Waals surface area contributed by atoms with E-state index in [2.05, 4.69) is 17.2 Å². The van der Waals surface area contributed by atoms with Crippen LogP contribution in [0.1, 0.15) is 54.1 Å². The number of amides is 2. The number of carbonyl (C=O) groups is 2. The van der Waals surface area contributed by atoms with Crippen molar-refractivity contribution in [1.82, 2.24) is 15.2 Å². The van der Waals surface area contributed by atoms with Gasteiger partial charge in [-0.25, -0.2) is 4.98 Å². The average molecular weight is 289 g/mol. The maximum atomic E-state index is 12.4. The SMILES string of the molecule is CCCNC(=O)c1cccc(C(=O)N2CCC(C)CC2)n1. The van der Waals surface area contributed by atoms with E-state index >= 15 is 0 Å². The van der Waals surface area contributed by atoms with E-state index in [1.165, 1.54) is 0 Å². The molecule has 0 radical (unpaired) electrons. The van der Waals surface area contributed by atoms with Crippen LogP contribution in [-0.4, -0.2) is 41.3 Å². The van der Waals surface area contributed by atoms with Crippen LogP contribution in [0.15, 0.2) is 18.2 Å². The summed E-state index contributed by atoms with van der Waals surface area (Å²) in [6.45, 7) is 6.36. The van der Waals surface area contributed by atoms with Crippen molar-refractivity contribution < 1.29 is 9.59 Å². The molecule has 0 aliphatic carbocycles. The van der Waals surface area contributed by atoms with E-state index in [0.717, 1.165) is 32.4 Å². The van der Waals surface area contributed by atoms with Crippen molar-refractivity contribution in [2.24, 2.45) is 5.92 Å². The van der Waals surface area contributed by atoms with Crippen LogP contribution in [0.4, 0.5) is 0 Å². The first kappa shape index (κ1) is 15.5. The van der Waals surface area contributed by atoms with E-state index < -0.39 is 0 Å². The molecule has 1 saturated heterocycles. The van der Waals surface area contributed by atoms with Crippen LogP contribution in [0.25, 0.3) is 0 Å². The zero-order valence-corrected chi connectivity index (χ0v) is 12.8. The molecule has 2 amide bonds. The normalized spacial score (nSPS) is 15.8. The number of hydrogen-bond acceptors (Lipinski definition) is 3. The van der Waals surface area contributed by atoms with Crippen molar-refractivity contribution in [2.45, 2.75) is 33.1 Å². The molecule has 1 aliphatic rings. The Morgan fingerprint density at radius 3 is 2.62 bits per heavy atom. The molecule has 0 spiro atoms. The maximum absolute atomic E-state index is 12.4. The van der Waals surface area contributed by atoms with Gasteiger partial charge in [0.25, 0.3) is 11.8 Å². The molecule has 1 aromatic heterocycles. The third-order valence-corrected chi connectivity index (χ3v) is 3.81. The van der Waals surface area contributed by atoms with E-state index in [1.54, 1.807) is 18.2 Å². The molecular weight excluding hydrogens is 266 g/mol. The highest BCUT2D eigenvalue weighted by Crippen LogP contribution is 2.17. The second-order valence-corrected chi connectivity index (χ2v) is 5.64. The fraction of sp³-hybridized carbons (Fsp3) is 0.562. The monoisotopic (exact) mass is 289 g/mol. The number of aromatic nitrogens is 1. The lowest BCUT2D eigenvalue weighted by Crippen LogP contribution is -2.38. The van der Waals surface area contributed by atoms with Gasteiger partial charge < -0.3 is 10.2 Å². The predicted molar refractivity (Wildman–Crippen MR) is 81.2 cm³/mol. The lowest BCUT2D eigenvalue weighted by molar-refractivity contribution is 0.0691. The molecule has 21 heavy (non-hydrogen) atoms. The van der Waals surface area contributed by atoms with Gasteiger partial charge in [-0.3, -0.25) is 9.59 Å². The van der Waals surface area contributed by atoms with Gasteiger partial charge >= 0.3 is 0 Å². The topological polar surface area (TPSA) is 62.3 Å². The van der Waals surface area contributed by atoms with E-state index in [0.29, 0.717) is 23.9 Å². The number of pyridine rings is 1. The van der Waals surface area contributed by atoms with Gasteiger partial charge in [0, 0.05) is 19.6 Å². The molecular formula is C16H23N3O2. The Hall–Kier alpha value is -1.91. The number of hydrogen-bond donors (Lipinski definition) is 1. The number of likely N-dealkylation sites (tertiary alicyclic amines) is 1. The highest BCUT2D eigenvalue weighted by molar-refractivity contribution is 5.96. The Morgan fingerprint density at radius 1 is 1.29 bits per heavy atom. The van der Waals surface area contributed by atoms with Crippen molar-refractivity contribution in [1.29, 1.82) is 0 Å². The summed E-state index contributed by atoms with van der Waals surface area (Å²) in [5.74, 6) is 0.374. The first-order chi connectivity index (χ1) is 10.1. The Labute approximate surface area is 125 Å². The standard InChI is InChI=1S/C16H23N3O2/c1-3-9-17-15(20)13-5-4-6-14(18-13)16(21)19-10-7-12(2)8-11-19/h4-6,12H,3,7-11H2,1-2H3,(H,17,20). The van der Waals surface area contributed by atoms with Crippen LogP contribution in [-0.2, 0) is 0 Å². The van der Waals surface area contributed by atoms with Crippen LogP contribution < -0.4 is 5.32 Å². The fourth-order valence-electron chi connectivity index (χ4n) is 2.38. The van der Waals surface area contributed by atoms with E-state index in [4.69, 9.17) is 0 Å². The van der Waals surface area contributed by atoms with Crippen molar-refractivity contribution in [3.63, 3.8) is 0 Å². The van der Waals surface area contributed by atoms with Crippen LogP contribution >= 0.6 is 0 Å². The molecule has 1 aromatic rings. The summed E-state index contributed by atoms with van der Waals surface area (Å²) < 4.78 is 0. The van der Waals surface area contributed by atoms with Gasteiger partial charge in [0.2, 0.25) is 0 Å². The number of carbonyl (C=O) groups excluding carboxylic acids is 2. The predicted octanol–water partition coefficient (Wildman–Crippen LogP) is 2.09. The van der Waals surface area contributed by atoms with Crippen molar-refractivity contribution in [3.05, 3.63) is 29.6 Å². The van der Waals surface area contributed by atoms with Gasteiger partial charge in [0.1, 0.15) is 11.4 Å². The largest absolute Gasteiger partial charge is 0.351 e. The molecule has 0 aromatic carbocycles. The smallest absolute Gasteiger partial charge is 0.272 e. The van der Waals surface area contributed by atoms with Crippen LogP contribution in [0.5, 0.6) is 0 Å². The summed E-state index contributed by atoms with van der Waals surface area (Å²) in [6.07, 6.45) is 2.93. The molecule has 0 bridgehead atoms. The number of piperidine rings is 1. The summed E-state index contributed by atoms with van der Waals surface area (Å²) >= 11 is 0. The number of nitrogens with one attached hydrogen (secondary N) is 1. The molecule has 2 rings (SSSR count). The summed E-state index contributed by atoms with van der Waals surface area (Å²) in [5, 5.41) is 2.77. The maximum Gasteiger partial charge on any atom is 0.272 e. The lowest BCUT2D eigenvalue weighted by Gasteiger charge is -2.30. The molecule has 1 fully saturated rings. The molecule has 0 atom stereocenters. The third kappa shape index (κ3) is 4.03. The molecule has 0 unspecified atom stereocenters. The van der Waals surface area contributed by atoms with Gasteiger partial charge in [-0.15, -0.1) is 0 Å². The first-order valence-electron chi connectivity index (χ1n) is 7.66. The van der Waals surface area contributed by atoms with Gasteiger partial charge in [-0.1, -0.05) is 19.9 Å². The zero-order chi connectivity index (χ0) is 15.2. The molecule has 5 heteroatoms. The summed E-state index contributed by atoms with van der Waals surface area (Å²) in [6, 6.07) is 5.03. The minimum absolute atomic E-state index is 0.0768. The minimum Gasteiger partial charge on any atom is -0.351 e. The van der Waals surface area contributed by atoms with E-state index in [1.807, 2.05) is 11.8 Å². The van der Waals surface area contributed by atoms with Crippen molar-refractivity contribution in [3.8, 4) is 0 Å². The average Bonchev–Trinajstić information content (AvgIpc) is 2.52. The second-order valence-electron chi connectivity index (χ2n) is 5.64. The van der Waals surface area contributed by atoms with Gasteiger partial charge in [-0.2, -0.15) is 0 Å². The Balaban J connectivity index is 2.06. The number of nitrogens with zero attached hydrogens (tertiary/aromatic N) is 2.